The van der Waals surface area contributed by atoms with Crippen LogP contribution in [0.4, 0.5) is 0 Å². The van der Waals surface area contributed by atoms with E-state index in [9.17, 15) is 4.79 Å². The van der Waals surface area contributed by atoms with Crippen LogP contribution in [0.25, 0.3) is 0 Å². The smallest absolute Gasteiger partial charge is 0.240 e. The van der Waals surface area contributed by atoms with Crippen LogP contribution in [0.5, 0.6) is 0 Å². The van der Waals surface area contributed by atoms with E-state index in [2.05, 4.69) is 12.2 Å². The average Bonchev–Trinajstić information content (AvgIpc) is 2.81. The van der Waals surface area contributed by atoms with Crippen molar-refractivity contribution >= 4 is 17.5 Å². The van der Waals surface area contributed by atoms with Crippen LogP contribution < -0.4 is 5.32 Å². The number of rotatable bonds is 4. The first kappa shape index (κ1) is 14.4. The number of halogens is 1. The summed E-state index contributed by atoms with van der Waals surface area (Å²) in [7, 11) is 0. The first-order chi connectivity index (χ1) is 9.11. The number of likely N-dealkylation sites (N-methyl/N-ethyl adjacent to an activating group) is 1. The van der Waals surface area contributed by atoms with E-state index in [1.807, 2.05) is 36.1 Å². The molecule has 0 radical (unpaired) electrons. The number of amides is 1. The standard InChI is InChI=1S/C15H21ClN2O/c1-3-18(10-12-5-4-6-13(16)9-12)15(19)14-11(2)7-8-17-14/h4-6,9,11,14,17H,3,7-8,10H2,1-2H3. The Morgan fingerprint density at radius 2 is 2.32 bits per heavy atom. The van der Waals surface area contributed by atoms with E-state index in [4.69, 9.17) is 11.6 Å². The van der Waals surface area contributed by atoms with Crippen LogP contribution >= 0.6 is 11.6 Å². The lowest BCUT2D eigenvalue weighted by Crippen LogP contribution is -2.45. The number of nitrogens with zero attached hydrogens (tertiary/aromatic N) is 1. The van der Waals surface area contributed by atoms with Gasteiger partial charge in [0, 0.05) is 18.1 Å². The molecule has 0 aliphatic carbocycles. The molecule has 1 saturated heterocycles. The van der Waals surface area contributed by atoms with Crippen molar-refractivity contribution in [3.8, 4) is 0 Å². The molecule has 2 atom stereocenters. The predicted molar refractivity (Wildman–Crippen MR) is 78.1 cm³/mol. The Hall–Kier alpha value is -1.06. The van der Waals surface area contributed by atoms with Gasteiger partial charge < -0.3 is 10.2 Å². The lowest BCUT2D eigenvalue weighted by Gasteiger charge is -2.26. The molecule has 1 aromatic carbocycles. The zero-order valence-corrected chi connectivity index (χ0v) is 12.3. The van der Waals surface area contributed by atoms with Gasteiger partial charge in [0.25, 0.3) is 0 Å². The second-order valence-electron chi connectivity index (χ2n) is 5.18. The van der Waals surface area contributed by atoms with Crippen molar-refractivity contribution in [1.82, 2.24) is 10.2 Å². The Bertz CT molecular complexity index is 450. The van der Waals surface area contributed by atoms with E-state index in [1.54, 1.807) is 0 Å². The second-order valence-corrected chi connectivity index (χ2v) is 5.62. The third-order valence-corrected chi connectivity index (χ3v) is 3.99. The minimum Gasteiger partial charge on any atom is -0.337 e. The van der Waals surface area contributed by atoms with Crippen molar-refractivity contribution in [3.05, 3.63) is 34.9 Å². The summed E-state index contributed by atoms with van der Waals surface area (Å²) in [6, 6.07) is 7.67. The molecule has 104 valence electrons. The highest BCUT2D eigenvalue weighted by Crippen LogP contribution is 2.18. The number of hydrogen-bond donors (Lipinski definition) is 1. The van der Waals surface area contributed by atoms with Gasteiger partial charge in [0.1, 0.15) is 0 Å². The molecule has 0 spiro atoms. The van der Waals surface area contributed by atoms with Crippen LogP contribution in [0.3, 0.4) is 0 Å². The van der Waals surface area contributed by atoms with Crippen molar-refractivity contribution in [3.63, 3.8) is 0 Å². The number of nitrogens with one attached hydrogen (secondary N) is 1. The van der Waals surface area contributed by atoms with Gasteiger partial charge in [-0.05, 0) is 43.5 Å². The highest BCUT2D eigenvalue weighted by molar-refractivity contribution is 6.30. The molecule has 19 heavy (non-hydrogen) atoms. The van der Waals surface area contributed by atoms with Crippen molar-refractivity contribution in [2.24, 2.45) is 5.92 Å². The van der Waals surface area contributed by atoms with Gasteiger partial charge in [-0.25, -0.2) is 0 Å². The highest BCUT2D eigenvalue weighted by Gasteiger charge is 2.31. The van der Waals surface area contributed by atoms with Gasteiger partial charge in [0.05, 0.1) is 6.04 Å². The Morgan fingerprint density at radius 3 is 2.89 bits per heavy atom. The lowest BCUT2D eigenvalue weighted by atomic mass is 10.0. The molecule has 2 unspecified atom stereocenters. The average molecular weight is 281 g/mol. The maximum atomic E-state index is 12.5. The SMILES string of the molecule is CCN(Cc1cccc(Cl)c1)C(=O)C1NCCC1C. The summed E-state index contributed by atoms with van der Waals surface area (Å²) in [5.41, 5.74) is 1.08. The summed E-state index contributed by atoms with van der Waals surface area (Å²) in [5, 5.41) is 4.02. The van der Waals surface area contributed by atoms with Crippen molar-refractivity contribution < 1.29 is 4.79 Å². The molecule has 1 aliphatic rings. The molecule has 0 saturated carbocycles. The Morgan fingerprint density at radius 1 is 1.53 bits per heavy atom. The minimum absolute atomic E-state index is 0.0286. The lowest BCUT2D eigenvalue weighted by molar-refractivity contribution is -0.134. The molecule has 1 heterocycles. The third kappa shape index (κ3) is 3.48. The Kier molecular flexibility index (Phi) is 4.83. The first-order valence-electron chi connectivity index (χ1n) is 6.88. The Balaban J connectivity index is 2.05. The fourth-order valence-electron chi connectivity index (χ4n) is 2.56. The normalized spacial score (nSPS) is 22.5. The van der Waals surface area contributed by atoms with Gasteiger partial charge in [0.2, 0.25) is 5.91 Å². The maximum absolute atomic E-state index is 12.5. The largest absolute Gasteiger partial charge is 0.337 e. The monoisotopic (exact) mass is 280 g/mol. The fourth-order valence-corrected chi connectivity index (χ4v) is 2.78. The van der Waals surface area contributed by atoms with Crippen LogP contribution in [0.2, 0.25) is 5.02 Å². The van der Waals surface area contributed by atoms with Crippen LogP contribution in [-0.2, 0) is 11.3 Å². The van der Waals surface area contributed by atoms with Crippen molar-refractivity contribution in [2.45, 2.75) is 32.9 Å². The molecule has 2 rings (SSSR count). The summed E-state index contributed by atoms with van der Waals surface area (Å²) in [4.78, 5) is 14.4. The van der Waals surface area contributed by atoms with E-state index < -0.39 is 0 Å². The zero-order valence-electron chi connectivity index (χ0n) is 11.5. The molecule has 1 aliphatic heterocycles. The molecule has 1 aromatic rings. The van der Waals surface area contributed by atoms with Gasteiger partial charge in [0.15, 0.2) is 0 Å². The predicted octanol–water partition coefficient (Wildman–Crippen LogP) is 2.69. The molecule has 1 N–H and O–H groups in total. The summed E-state index contributed by atoms with van der Waals surface area (Å²) >= 11 is 5.99. The van der Waals surface area contributed by atoms with Crippen LogP contribution in [0.15, 0.2) is 24.3 Å². The second kappa shape index (κ2) is 6.40. The van der Waals surface area contributed by atoms with E-state index in [0.29, 0.717) is 17.5 Å². The topological polar surface area (TPSA) is 32.3 Å². The van der Waals surface area contributed by atoms with Crippen LogP contribution in [0.1, 0.15) is 25.8 Å². The van der Waals surface area contributed by atoms with Gasteiger partial charge >= 0.3 is 0 Å². The molecule has 1 amide bonds. The van der Waals surface area contributed by atoms with E-state index in [0.717, 1.165) is 25.1 Å². The van der Waals surface area contributed by atoms with Gasteiger partial charge in [-0.3, -0.25) is 4.79 Å². The fraction of sp³-hybridized carbons (Fsp3) is 0.533. The zero-order chi connectivity index (χ0) is 13.8. The van der Waals surface area contributed by atoms with Crippen molar-refractivity contribution in [2.75, 3.05) is 13.1 Å². The van der Waals surface area contributed by atoms with E-state index >= 15 is 0 Å². The van der Waals surface area contributed by atoms with Gasteiger partial charge in [-0.15, -0.1) is 0 Å². The third-order valence-electron chi connectivity index (χ3n) is 3.75. The van der Waals surface area contributed by atoms with E-state index in [1.165, 1.54) is 0 Å². The molecule has 1 fully saturated rings. The molecular weight excluding hydrogens is 260 g/mol. The highest BCUT2D eigenvalue weighted by atomic mass is 35.5. The van der Waals surface area contributed by atoms with E-state index in [-0.39, 0.29) is 11.9 Å². The summed E-state index contributed by atoms with van der Waals surface area (Å²) in [6.45, 7) is 6.43. The Labute approximate surface area is 119 Å². The summed E-state index contributed by atoms with van der Waals surface area (Å²) in [5.74, 6) is 0.619. The van der Waals surface area contributed by atoms with Crippen molar-refractivity contribution in [1.29, 1.82) is 0 Å². The van der Waals surface area contributed by atoms with Crippen LogP contribution in [-0.4, -0.2) is 29.9 Å². The number of hydrogen-bond acceptors (Lipinski definition) is 2. The number of carbonyl (C=O) groups is 1. The molecule has 4 heteroatoms. The maximum Gasteiger partial charge on any atom is 0.240 e. The summed E-state index contributed by atoms with van der Waals surface area (Å²) in [6.07, 6.45) is 1.07. The van der Waals surface area contributed by atoms with Crippen LogP contribution in [0, 0.1) is 5.92 Å². The minimum atomic E-state index is -0.0286. The van der Waals surface area contributed by atoms with Gasteiger partial charge in [-0.1, -0.05) is 30.7 Å². The van der Waals surface area contributed by atoms with Gasteiger partial charge in [-0.2, -0.15) is 0 Å². The first-order valence-corrected chi connectivity index (χ1v) is 7.26. The molecule has 3 nitrogen and oxygen atoms in total. The molecular formula is C15H21ClN2O. The quantitative estimate of drug-likeness (QED) is 0.920. The summed E-state index contributed by atoms with van der Waals surface area (Å²) < 4.78 is 0. The molecule has 0 aromatic heterocycles. The number of benzene rings is 1. The number of carbonyl (C=O) groups excluding carboxylic acids is 1. The molecule has 0 bridgehead atoms.